The van der Waals surface area contributed by atoms with E-state index in [-0.39, 0.29) is 16.7 Å². The van der Waals surface area contributed by atoms with Crippen LogP contribution < -0.4 is 0 Å². The molecule has 0 spiro atoms. The molecule has 0 atom stereocenters. The molecule has 0 radical (unpaired) electrons. The van der Waals surface area contributed by atoms with E-state index in [4.69, 9.17) is 0 Å². The Morgan fingerprint density at radius 1 is 1.21 bits per heavy atom. The summed E-state index contributed by atoms with van der Waals surface area (Å²) >= 11 is 0. The van der Waals surface area contributed by atoms with E-state index in [9.17, 15) is 13.2 Å². The van der Waals surface area contributed by atoms with E-state index in [0.29, 0.717) is 37.2 Å². The largest absolute Gasteiger partial charge is 0.345 e. The van der Waals surface area contributed by atoms with Crippen LogP contribution in [0.1, 0.15) is 19.3 Å². The van der Waals surface area contributed by atoms with E-state index >= 15 is 0 Å². The number of hydrogen-bond donors (Lipinski definition) is 1. The highest BCUT2D eigenvalue weighted by atomic mass is 32.2. The molecule has 3 heterocycles. The van der Waals surface area contributed by atoms with Crippen molar-refractivity contribution in [2.75, 3.05) is 26.2 Å². The molecule has 0 bridgehead atoms. The van der Waals surface area contributed by atoms with Gasteiger partial charge in [-0.15, -0.1) is 0 Å². The Hall–Kier alpha value is -1.93. The predicted octanol–water partition coefficient (Wildman–Crippen LogP) is 1.20. The topological polar surface area (TPSA) is 86.4 Å². The molecule has 24 heavy (non-hydrogen) atoms. The van der Waals surface area contributed by atoms with E-state index in [0.717, 1.165) is 19.3 Å². The van der Waals surface area contributed by atoms with Crippen LogP contribution in [0.2, 0.25) is 0 Å². The molecule has 7 nitrogen and oxygen atoms in total. The summed E-state index contributed by atoms with van der Waals surface area (Å²) in [6.45, 7) is 1.62. The number of nitrogens with one attached hydrogen (secondary N) is 1. The summed E-state index contributed by atoms with van der Waals surface area (Å²) in [6, 6.07) is 3.48. The van der Waals surface area contributed by atoms with Gasteiger partial charge in [0.05, 0.1) is 0 Å². The fourth-order valence-electron chi connectivity index (χ4n) is 3.35. The number of pyridine rings is 1. The van der Waals surface area contributed by atoms with Crippen molar-refractivity contribution >= 4 is 27.0 Å². The van der Waals surface area contributed by atoms with Gasteiger partial charge >= 0.3 is 0 Å². The molecule has 4 rings (SSSR count). The normalized spacial score (nSPS) is 20.2. The molecule has 8 heteroatoms. The minimum atomic E-state index is -3.58. The lowest BCUT2D eigenvalue weighted by molar-refractivity contribution is -0.139. The molecular weight excluding hydrogens is 328 g/mol. The number of nitrogens with zero attached hydrogens (tertiary/aromatic N) is 3. The highest BCUT2D eigenvalue weighted by molar-refractivity contribution is 7.89. The third kappa shape index (κ3) is 2.50. The standard InChI is InChI=1S/C16H20N4O3S/c21-16(12-3-1-4-12)19-7-9-20(10-8-19)24(22,23)14-11-18-15-13(14)5-2-6-17-15/h2,5-6,11-12H,1,3-4,7-10H2,(H,17,18). The number of rotatable bonds is 3. The van der Waals surface area contributed by atoms with Gasteiger partial charge < -0.3 is 9.88 Å². The summed E-state index contributed by atoms with van der Waals surface area (Å²) in [7, 11) is -3.58. The quantitative estimate of drug-likeness (QED) is 0.903. The third-order valence-electron chi connectivity index (χ3n) is 5.04. The van der Waals surface area contributed by atoms with Crippen LogP contribution in [0.5, 0.6) is 0 Å². The summed E-state index contributed by atoms with van der Waals surface area (Å²) in [6.07, 6.45) is 6.19. The molecule has 2 aliphatic rings. The van der Waals surface area contributed by atoms with Gasteiger partial charge in [-0.1, -0.05) is 6.42 Å². The summed E-state index contributed by atoms with van der Waals surface area (Å²) < 4.78 is 27.3. The van der Waals surface area contributed by atoms with E-state index in [1.54, 1.807) is 18.3 Å². The second-order valence-electron chi connectivity index (χ2n) is 6.41. The van der Waals surface area contributed by atoms with Crippen molar-refractivity contribution in [3.63, 3.8) is 0 Å². The Labute approximate surface area is 140 Å². The van der Waals surface area contributed by atoms with Gasteiger partial charge in [0.1, 0.15) is 10.5 Å². The van der Waals surface area contributed by atoms with Gasteiger partial charge in [0.25, 0.3) is 0 Å². The summed E-state index contributed by atoms with van der Waals surface area (Å²) in [5.74, 6) is 0.349. The number of aromatic nitrogens is 2. The van der Waals surface area contributed by atoms with Crippen molar-refractivity contribution < 1.29 is 13.2 Å². The summed E-state index contributed by atoms with van der Waals surface area (Å²) in [5.41, 5.74) is 0.565. The van der Waals surface area contributed by atoms with E-state index in [2.05, 4.69) is 9.97 Å². The molecule has 2 aromatic heterocycles. The lowest BCUT2D eigenvalue weighted by Crippen LogP contribution is -2.52. The van der Waals surface area contributed by atoms with Crippen molar-refractivity contribution in [3.8, 4) is 0 Å². The first-order valence-corrected chi connectivity index (χ1v) is 9.72. The number of carbonyl (C=O) groups excluding carboxylic acids is 1. The number of sulfonamides is 1. The Kier molecular flexibility index (Phi) is 3.80. The predicted molar refractivity (Wildman–Crippen MR) is 88.8 cm³/mol. The number of aromatic amines is 1. The molecule has 1 saturated heterocycles. The molecule has 1 N–H and O–H groups in total. The minimum absolute atomic E-state index is 0.160. The average Bonchev–Trinajstić information content (AvgIpc) is 2.98. The summed E-state index contributed by atoms with van der Waals surface area (Å²) in [4.78, 5) is 21.4. The Bertz CT molecular complexity index is 864. The zero-order valence-electron chi connectivity index (χ0n) is 13.3. The smallest absolute Gasteiger partial charge is 0.245 e. The Balaban J connectivity index is 1.51. The van der Waals surface area contributed by atoms with Crippen LogP contribution in [0.25, 0.3) is 11.0 Å². The first-order chi connectivity index (χ1) is 11.6. The first kappa shape index (κ1) is 15.6. The van der Waals surface area contributed by atoms with Gasteiger partial charge in [-0.05, 0) is 25.0 Å². The third-order valence-corrected chi connectivity index (χ3v) is 6.97. The van der Waals surface area contributed by atoms with Crippen molar-refractivity contribution in [3.05, 3.63) is 24.5 Å². The highest BCUT2D eigenvalue weighted by Crippen LogP contribution is 2.29. The zero-order chi connectivity index (χ0) is 16.7. The Morgan fingerprint density at radius 2 is 1.96 bits per heavy atom. The average molecular weight is 348 g/mol. The minimum Gasteiger partial charge on any atom is -0.345 e. The van der Waals surface area contributed by atoms with E-state index in [1.165, 1.54) is 10.5 Å². The molecule has 0 unspecified atom stereocenters. The monoisotopic (exact) mass is 348 g/mol. The second-order valence-corrected chi connectivity index (χ2v) is 8.32. The number of fused-ring (bicyclic) bond motifs is 1. The maximum Gasteiger partial charge on any atom is 0.245 e. The lowest BCUT2D eigenvalue weighted by atomic mass is 9.84. The molecule has 2 fully saturated rings. The van der Waals surface area contributed by atoms with Crippen molar-refractivity contribution in [2.45, 2.75) is 24.2 Å². The van der Waals surface area contributed by atoms with Gasteiger partial charge in [-0.25, -0.2) is 13.4 Å². The Morgan fingerprint density at radius 3 is 2.62 bits per heavy atom. The lowest BCUT2D eigenvalue weighted by Gasteiger charge is -2.37. The van der Waals surface area contributed by atoms with Crippen molar-refractivity contribution in [1.29, 1.82) is 0 Å². The molecule has 1 saturated carbocycles. The van der Waals surface area contributed by atoms with Gasteiger partial charge in [0.15, 0.2) is 0 Å². The molecular formula is C16H20N4O3S. The SMILES string of the molecule is O=C(C1CCC1)N1CCN(S(=O)(=O)c2c[nH]c3ncccc23)CC1. The van der Waals surface area contributed by atoms with Gasteiger partial charge in [-0.2, -0.15) is 4.31 Å². The number of H-pyrrole nitrogens is 1. The molecule has 1 aliphatic carbocycles. The molecule has 1 amide bonds. The second kappa shape index (κ2) is 5.86. The van der Waals surface area contributed by atoms with Gasteiger partial charge in [0.2, 0.25) is 15.9 Å². The van der Waals surface area contributed by atoms with Gasteiger partial charge in [-0.3, -0.25) is 4.79 Å². The summed E-state index contributed by atoms with van der Waals surface area (Å²) in [5, 5.41) is 0.602. The van der Waals surface area contributed by atoms with Crippen LogP contribution in [0.3, 0.4) is 0 Å². The van der Waals surface area contributed by atoms with Crippen LogP contribution >= 0.6 is 0 Å². The van der Waals surface area contributed by atoms with Crippen LogP contribution in [0.4, 0.5) is 0 Å². The molecule has 0 aromatic carbocycles. The first-order valence-electron chi connectivity index (χ1n) is 8.28. The molecule has 2 aromatic rings. The maximum atomic E-state index is 12.9. The van der Waals surface area contributed by atoms with Crippen molar-refractivity contribution in [2.24, 2.45) is 5.92 Å². The maximum absolute atomic E-state index is 12.9. The van der Waals surface area contributed by atoms with E-state index in [1.807, 2.05) is 4.90 Å². The number of carbonyl (C=O) groups is 1. The molecule has 128 valence electrons. The van der Waals surface area contributed by atoms with Crippen LogP contribution in [-0.2, 0) is 14.8 Å². The van der Waals surface area contributed by atoms with Crippen LogP contribution in [0, 0.1) is 5.92 Å². The fourth-order valence-corrected chi connectivity index (χ4v) is 4.92. The highest BCUT2D eigenvalue weighted by Gasteiger charge is 2.35. The zero-order valence-corrected chi connectivity index (χ0v) is 14.1. The van der Waals surface area contributed by atoms with Gasteiger partial charge in [0, 0.05) is 49.9 Å². The molecule has 1 aliphatic heterocycles. The van der Waals surface area contributed by atoms with Crippen LogP contribution in [0.15, 0.2) is 29.4 Å². The van der Waals surface area contributed by atoms with Crippen molar-refractivity contribution in [1.82, 2.24) is 19.2 Å². The fraction of sp³-hybridized carbons (Fsp3) is 0.500. The van der Waals surface area contributed by atoms with Crippen LogP contribution in [-0.4, -0.2) is 59.7 Å². The number of hydrogen-bond acceptors (Lipinski definition) is 4. The number of piperazine rings is 1. The van der Waals surface area contributed by atoms with E-state index < -0.39 is 10.0 Å². The number of amides is 1.